The molecule has 0 saturated carbocycles. The lowest BCUT2D eigenvalue weighted by Crippen LogP contribution is -2.35. The van der Waals surface area contributed by atoms with Crippen molar-refractivity contribution in [2.24, 2.45) is 0 Å². The Balaban J connectivity index is 2.76. The zero-order valence-electron chi connectivity index (χ0n) is 10.2. The molecule has 0 radical (unpaired) electrons. The van der Waals surface area contributed by atoms with Crippen LogP contribution in [0.25, 0.3) is 0 Å². The topological polar surface area (TPSA) is 91.2 Å². The van der Waals surface area contributed by atoms with Crippen LogP contribution in [0.2, 0.25) is 0 Å². The summed E-state index contributed by atoms with van der Waals surface area (Å²) in [4.78, 5) is 0. The summed E-state index contributed by atoms with van der Waals surface area (Å²) in [6, 6.07) is 8.03. The normalized spacial score (nSPS) is 11.0. The molecular weight excluding hydrogens is 254 g/mol. The highest BCUT2D eigenvalue weighted by Crippen LogP contribution is 2.17. The summed E-state index contributed by atoms with van der Waals surface area (Å²) in [5.74, 6) is 0.432. The standard InChI is InChI=1S/C11H15N3O3S/c1-9(2)13-18(15,16)14-10-4-3-5-11(8-10)17-7-6-12/h3-5,8-9,13-14H,7H2,1-2H3. The number of anilines is 1. The Morgan fingerprint density at radius 2 is 2.17 bits per heavy atom. The first-order chi connectivity index (χ1) is 8.43. The smallest absolute Gasteiger partial charge is 0.299 e. The monoisotopic (exact) mass is 269 g/mol. The van der Waals surface area contributed by atoms with Crippen molar-refractivity contribution in [1.82, 2.24) is 4.72 Å². The second-order valence-corrected chi connectivity index (χ2v) is 5.30. The van der Waals surface area contributed by atoms with E-state index in [1.54, 1.807) is 32.0 Å². The van der Waals surface area contributed by atoms with Gasteiger partial charge in [-0.25, -0.2) is 0 Å². The van der Waals surface area contributed by atoms with Crippen LogP contribution in [0.15, 0.2) is 24.3 Å². The van der Waals surface area contributed by atoms with Crippen molar-refractivity contribution in [2.75, 3.05) is 11.3 Å². The van der Waals surface area contributed by atoms with Gasteiger partial charge in [-0.2, -0.15) is 18.4 Å². The lowest BCUT2D eigenvalue weighted by atomic mass is 10.3. The second-order valence-electron chi connectivity index (χ2n) is 3.85. The molecule has 0 aliphatic rings. The van der Waals surface area contributed by atoms with E-state index < -0.39 is 10.2 Å². The van der Waals surface area contributed by atoms with Crippen LogP contribution in [0.4, 0.5) is 5.69 Å². The van der Waals surface area contributed by atoms with Crippen molar-refractivity contribution in [3.63, 3.8) is 0 Å². The molecule has 0 amide bonds. The highest BCUT2D eigenvalue weighted by molar-refractivity contribution is 7.90. The van der Waals surface area contributed by atoms with Crippen LogP contribution < -0.4 is 14.2 Å². The Kier molecular flexibility index (Phi) is 4.95. The molecule has 0 unspecified atom stereocenters. The van der Waals surface area contributed by atoms with Crippen molar-refractivity contribution in [2.45, 2.75) is 19.9 Å². The van der Waals surface area contributed by atoms with Crippen molar-refractivity contribution < 1.29 is 13.2 Å². The molecule has 1 aromatic carbocycles. The van der Waals surface area contributed by atoms with Gasteiger partial charge in [0.05, 0.1) is 5.69 Å². The molecule has 0 aromatic heterocycles. The minimum Gasteiger partial charge on any atom is -0.479 e. The zero-order chi connectivity index (χ0) is 13.6. The second kappa shape index (κ2) is 6.23. The van der Waals surface area contributed by atoms with E-state index in [-0.39, 0.29) is 12.6 Å². The molecular formula is C11H15N3O3S. The van der Waals surface area contributed by atoms with E-state index >= 15 is 0 Å². The fourth-order valence-corrected chi connectivity index (χ4v) is 2.38. The number of nitrogens with zero attached hydrogens (tertiary/aromatic N) is 1. The molecule has 7 heteroatoms. The molecule has 18 heavy (non-hydrogen) atoms. The predicted molar refractivity (Wildman–Crippen MR) is 68.4 cm³/mol. The van der Waals surface area contributed by atoms with Gasteiger partial charge in [0.1, 0.15) is 11.8 Å². The van der Waals surface area contributed by atoms with E-state index in [9.17, 15) is 8.42 Å². The van der Waals surface area contributed by atoms with Gasteiger partial charge in [-0.05, 0) is 26.0 Å². The first-order valence-electron chi connectivity index (χ1n) is 5.33. The Morgan fingerprint density at radius 1 is 1.44 bits per heavy atom. The number of ether oxygens (including phenoxy) is 1. The molecule has 1 rings (SSSR count). The molecule has 0 fully saturated rings. The van der Waals surface area contributed by atoms with Crippen molar-refractivity contribution in [3.8, 4) is 11.8 Å². The van der Waals surface area contributed by atoms with Crippen LogP contribution >= 0.6 is 0 Å². The fourth-order valence-electron chi connectivity index (χ4n) is 1.26. The number of hydrogen-bond acceptors (Lipinski definition) is 4. The first-order valence-corrected chi connectivity index (χ1v) is 6.81. The highest BCUT2D eigenvalue weighted by Gasteiger charge is 2.11. The summed E-state index contributed by atoms with van der Waals surface area (Å²) >= 11 is 0. The van der Waals surface area contributed by atoms with Crippen LogP contribution in [0.5, 0.6) is 5.75 Å². The van der Waals surface area contributed by atoms with Gasteiger partial charge in [0.2, 0.25) is 0 Å². The molecule has 0 spiro atoms. The van der Waals surface area contributed by atoms with Gasteiger partial charge < -0.3 is 4.74 Å². The van der Waals surface area contributed by atoms with Crippen molar-refractivity contribution >= 4 is 15.9 Å². The molecule has 1 aromatic rings. The van der Waals surface area contributed by atoms with Crippen LogP contribution in [-0.2, 0) is 10.2 Å². The predicted octanol–water partition coefficient (Wildman–Crippen LogP) is 1.24. The van der Waals surface area contributed by atoms with Crippen LogP contribution in [0.1, 0.15) is 13.8 Å². The average Bonchev–Trinajstić information content (AvgIpc) is 2.24. The van der Waals surface area contributed by atoms with Gasteiger partial charge >= 0.3 is 0 Å². The van der Waals surface area contributed by atoms with Gasteiger partial charge in [0.25, 0.3) is 10.2 Å². The average molecular weight is 269 g/mol. The summed E-state index contributed by atoms with van der Waals surface area (Å²) in [6.07, 6.45) is 0. The van der Waals surface area contributed by atoms with Crippen LogP contribution in [0.3, 0.4) is 0 Å². The highest BCUT2D eigenvalue weighted by atomic mass is 32.2. The van der Waals surface area contributed by atoms with Crippen molar-refractivity contribution in [3.05, 3.63) is 24.3 Å². The fraction of sp³-hybridized carbons (Fsp3) is 0.364. The summed E-state index contributed by atoms with van der Waals surface area (Å²) in [7, 11) is -3.59. The van der Waals surface area contributed by atoms with Crippen LogP contribution in [-0.4, -0.2) is 21.1 Å². The third-order valence-electron chi connectivity index (χ3n) is 1.78. The van der Waals surface area contributed by atoms with E-state index in [0.29, 0.717) is 11.4 Å². The molecule has 0 saturated heterocycles. The lowest BCUT2D eigenvalue weighted by molar-refractivity contribution is 0.368. The van der Waals surface area contributed by atoms with E-state index in [2.05, 4.69) is 9.44 Å². The maximum atomic E-state index is 11.6. The summed E-state index contributed by atoms with van der Waals surface area (Å²) in [5.41, 5.74) is 0.374. The number of benzene rings is 1. The summed E-state index contributed by atoms with van der Waals surface area (Å²) < 4.78 is 33.1. The van der Waals surface area contributed by atoms with Gasteiger partial charge in [-0.3, -0.25) is 4.72 Å². The van der Waals surface area contributed by atoms with Crippen molar-refractivity contribution in [1.29, 1.82) is 5.26 Å². The van der Waals surface area contributed by atoms with E-state index in [4.69, 9.17) is 10.00 Å². The molecule has 98 valence electrons. The Labute approximate surface area is 107 Å². The van der Waals surface area contributed by atoms with Crippen LogP contribution in [0, 0.1) is 11.3 Å². The number of hydrogen-bond donors (Lipinski definition) is 2. The lowest BCUT2D eigenvalue weighted by Gasteiger charge is -2.12. The van der Waals surface area contributed by atoms with Gasteiger partial charge in [0.15, 0.2) is 6.61 Å². The van der Waals surface area contributed by atoms with Gasteiger partial charge in [0, 0.05) is 12.1 Å². The molecule has 0 aliphatic heterocycles. The quantitative estimate of drug-likeness (QED) is 0.813. The van der Waals surface area contributed by atoms with Gasteiger partial charge in [-0.15, -0.1) is 0 Å². The molecule has 0 atom stereocenters. The summed E-state index contributed by atoms with van der Waals surface area (Å²) in [6.45, 7) is 3.37. The largest absolute Gasteiger partial charge is 0.479 e. The molecule has 0 heterocycles. The van der Waals surface area contributed by atoms with Gasteiger partial charge in [-0.1, -0.05) is 6.07 Å². The zero-order valence-corrected chi connectivity index (χ0v) is 11.0. The molecule has 2 N–H and O–H groups in total. The number of rotatable bonds is 6. The Hall–Kier alpha value is -1.78. The minimum absolute atomic E-state index is 0.0829. The van der Waals surface area contributed by atoms with E-state index in [1.165, 1.54) is 6.07 Å². The first kappa shape index (κ1) is 14.3. The minimum atomic E-state index is -3.59. The maximum absolute atomic E-state index is 11.6. The van der Waals surface area contributed by atoms with E-state index in [1.807, 2.05) is 6.07 Å². The Bertz CT molecular complexity index is 535. The molecule has 0 aliphatic carbocycles. The van der Waals surface area contributed by atoms with E-state index in [0.717, 1.165) is 0 Å². The third-order valence-corrected chi connectivity index (χ3v) is 3.07. The summed E-state index contributed by atoms with van der Waals surface area (Å²) in [5, 5.41) is 8.39. The number of nitriles is 1. The Morgan fingerprint density at radius 3 is 2.78 bits per heavy atom. The maximum Gasteiger partial charge on any atom is 0.299 e. The third kappa shape index (κ3) is 5.03. The molecule has 0 bridgehead atoms. The number of nitrogens with one attached hydrogen (secondary N) is 2. The molecule has 6 nitrogen and oxygen atoms in total. The SMILES string of the molecule is CC(C)NS(=O)(=O)Nc1cccc(OCC#N)c1.